The Morgan fingerprint density at radius 3 is 2.19 bits per heavy atom. The Labute approximate surface area is 151 Å². The summed E-state index contributed by atoms with van der Waals surface area (Å²) in [5.41, 5.74) is 2.93. The highest BCUT2D eigenvalue weighted by Gasteiger charge is 2.47. The minimum absolute atomic E-state index is 0.370. The molecule has 3 rings (SSSR count). The van der Waals surface area contributed by atoms with E-state index in [1.165, 1.54) is 20.8 Å². The lowest BCUT2D eigenvalue weighted by Crippen LogP contribution is -2.58. The molecule has 1 aliphatic carbocycles. The number of esters is 3. The quantitative estimate of drug-likeness (QED) is 0.643. The first kappa shape index (κ1) is 18.1. The molecule has 7 nitrogen and oxygen atoms in total. The van der Waals surface area contributed by atoms with Gasteiger partial charge in [0.2, 0.25) is 0 Å². The van der Waals surface area contributed by atoms with Crippen molar-refractivity contribution in [2.75, 3.05) is 0 Å². The van der Waals surface area contributed by atoms with Gasteiger partial charge in [-0.3, -0.25) is 14.4 Å². The van der Waals surface area contributed by atoms with E-state index in [1.807, 2.05) is 24.3 Å². The maximum absolute atomic E-state index is 11.7. The van der Waals surface area contributed by atoms with E-state index in [4.69, 9.17) is 14.2 Å². The van der Waals surface area contributed by atoms with Crippen molar-refractivity contribution in [3.8, 4) is 0 Å². The molecule has 2 aliphatic rings. The molecule has 0 spiro atoms. The van der Waals surface area contributed by atoms with E-state index in [0.29, 0.717) is 6.54 Å². The molecule has 0 fully saturated rings. The highest BCUT2D eigenvalue weighted by molar-refractivity contribution is 5.78. The zero-order chi connectivity index (χ0) is 18.8. The van der Waals surface area contributed by atoms with Gasteiger partial charge in [-0.1, -0.05) is 24.3 Å². The molecule has 0 saturated heterocycles. The maximum atomic E-state index is 11.7. The van der Waals surface area contributed by atoms with Crippen molar-refractivity contribution in [2.24, 2.45) is 0 Å². The Morgan fingerprint density at radius 2 is 1.54 bits per heavy atom. The van der Waals surface area contributed by atoms with Crippen molar-refractivity contribution in [3.63, 3.8) is 0 Å². The van der Waals surface area contributed by atoms with Gasteiger partial charge in [0.15, 0.2) is 18.3 Å². The average molecular weight is 359 g/mol. The number of rotatable bonds is 3. The molecule has 138 valence electrons. The average Bonchev–Trinajstić information content (AvgIpc) is 2.56. The standard InChI is InChI=1S/C19H21NO6/c1-10(21)24-16-8-15-14-7-5-4-6-13(14)9-20-17(15)19(26-12(3)23)18(16)25-11(2)22/h4-8,16-20H,9H2,1-3H3. The minimum atomic E-state index is -0.924. The van der Waals surface area contributed by atoms with Crippen molar-refractivity contribution in [1.29, 1.82) is 0 Å². The SMILES string of the molecule is CC(=O)OC1C=C2c3ccccc3CNC2C(OC(C)=O)C1OC(C)=O. The van der Waals surface area contributed by atoms with Crippen LogP contribution in [0.2, 0.25) is 0 Å². The number of carbonyl (C=O) groups is 3. The number of hydrogen-bond donors (Lipinski definition) is 1. The van der Waals surface area contributed by atoms with Crippen LogP contribution in [0.1, 0.15) is 31.9 Å². The molecule has 0 aromatic heterocycles. The molecule has 4 atom stereocenters. The molecule has 1 aromatic rings. The van der Waals surface area contributed by atoms with E-state index < -0.39 is 36.2 Å². The van der Waals surface area contributed by atoms with Crippen molar-refractivity contribution in [3.05, 3.63) is 41.5 Å². The van der Waals surface area contributed by atoms with Crippen LogP contribution < -0.4 is 5.32 Å². The summed E-state index contributed by atoms with van der Waals surface area (Å²) >= 11 is 0. The number of benzene rings is 1. The molecular weight excluding hydrogens is 338 g/mol. The first-order valence-electron chi connectivity index (χ1n) is 8.42. The van der Waals surface area contributed by atoms with Crippen molar-refractivity contribution in [1.82, 2.24) is 5.32 Å². The number of ether oxygens (including phenoxy) is 3. The molecule has 0 amide bonds. The molecule has 0 saturated carbocycles. The number of nitrogens with one attached hydrogen (secondary N) is 1. The number of carbonyl (C=O) groups excluding carboxylic acids is 3. The van der Waals surface area contributed by atoms with Crippen LogP contribution in [0.4, 0.5) is 0 Å². The molecule has 26 heavy (non-hydrogen) atoms. The Bertz CT molecular complexity index is 771. The summed E-state index contributed by atoms with van der Waals surface area (Å²) in [6.45, 7) is 4.42. The van der Waals surface area contributed by atoms with Crippen LogP contribution in [-0.4, -0.2) is 42.3 Å². The second-order valence-electron chi connectivity index (χ2n) is 6.36. The maximum Gasteiger partial charge on any atom is 0.303 e. The van der Waals surface area contributed by atoms with E-state index in [0.717, 1.165) is 16.7 Å². The van der Waals surface area contributed by atoms with E-state index in [2.05, 4.69) is 5.32 Å². The van der Waals surface area contributed by atoms with Gasteiger partial charge in [0.05, 0.1) is 6.04 Å². The van der Waals surface area contributed by atoms with Crippen molar-refractivity contribution < 1.29 is 28.6 Å². The molecule has 1 heterocycles. The second-order valence-corrected chi connectivity index (χ2v) is 6.36. The topological polar surface area (TPSA) is 90.9 Å². The van der Waals surface area contributed by atoms with Crippen LogP contribution >= 0.6 is 0 Å². The van der Waals surface area contributed by atoms with Gasteiger partial charge in [-0.15, -0.1) is 0 Å². The third-order valence-corrected chi connectivity index (χ3v) is 4.40. The van der Waals surface area contributed by atoms with E-state index in [-0.39, 0.29) is 6.04 Å². The second kappa shape index (κ2) is 7.29. The van der Waals surface area contributed by atoms with Crippen LogP contribution in [0.5, 0.6) is 0 Å². The number of hydrogen-bond acceptors (Lipinski definition) is 7. The largest absolute Gasteiger partial charge is 0.456 e. The van der Waals surface area contributed by atoms with Gasteiger partial charge in [-0.05, 0) is 22.8 Å². The van der Waals surface area contributed by atoms with Gasteiger partial charge >= 0.3 is 17.9 Å². The molecule has 0 bridgehead atoms. The molecule has 4 unspecified atom stereocenters. The zero-order valence-electron chi connectivity index (χ0n) is 14.9. The van der Waals surface area contributed by atoms with Gasteiger partial charge in [0, 0.05) is 27.3 Å². The fraction of sp³-hybridized carbons (Fsp3) is 0.421. The van der Waals surface area contributed by atoms with Crippen LogP contribution in [0.25, 0.3) is 5.57 Å². The predicted molar refractivity (Wildman–Crippen MR) is 91.7 cm³/mol. The van der Waals surface area contributed by atoms with Crippen LogP contribution in [-0.2, 0) is 35.1 Å². The summed E-state index contributed by atoms with van der Waals surface area (Å²) in [6, 6.07) is 7.46. The predicted octanol–water partition coefficient (Wildman–Crippen LogP) is 1.35. The fourth-order valence-electron chi connectivity index (χ4n) is 3.53. The number of fused-ring (bicyclic) bond motifs is 3. The third-order valence-electron chi connectivity index (χ3n) is 4.40. The van der Waals surface area contributed by atoms with E-state index >= 15 is 0 Å². The van der Waals surface area contributed by atoms with Gasteiger partial charge in [-0.25, -0.2) is 0 Å². The summed E-state index contributed by atoms with van der Waals surface area (Å²) in [5, 5.41) is 3.33. The van der Waals surface area contributed by atoms with Crippen LogP contribution in [0.3, 0.4) is 0 Å². The van der Waals surface area contributed by atoms with Gasteiger partial charge in [0.1, 0.15) is 0 Å². The van der Waals surface area contributed by atoms with Gasteiger partial charge < -0.3 is 19.5 Å². The van der Waals surface area contributed by atoms with E-state index in [1.54, 1.807) is 6.08 Å². The Balaban J connectivity index is 2.08. The first-order chi connectivity index (χ1) is 12.4. The lowest BCUT2D eigenvalue weighted by Gasteiger charge is -2.43. The van der Waals surface area contributed by atoms with Crippen molar-refractivity contribution >= 4 is 23.5 Å². The van der Waals surface area contributed by atoms with E-state index in [9.17, 15) is 14.4 Å². The fourth-order valence-corrected chi connectivity index (χ4v) is 3.53. The van der Waals surface area contributed by atoms with Gasteiger partial charge in [-0.2, -0.15) is 0 Å². The smallest absolute Gasteiger partial charge is 0.303 e. The highest BCUT2D eigenvalue weighted by atomic mass is 16.6. The normalized spacial score (nSPS) is 26.7. The van der Waals surface area contributed by atoms with Crippen LogP contribution in [0, 0.1) is 0 Å². The van der Waals surface area contributed by atoms with Gasteiger partial charge in [0.25, 0.3) is 0 Å². The lowest BCUT2D eigenvalue weighted by atomic mass is 9.79. The van der Waals surface area contributed by atoms with Crippen molar-refractivity contribution in [2.45, 2.75) is 51.7 Å². The summed E-state index contributed by atoms with van der Waals surface area (Å²) in [4.78, 5) is 34.8. The Hall–Kier alpha value is -2.67. The molecule has 1 aliphatic heterocycles. The summed E-state index contributed by atoms with van der Waals surface area (Å²) in [6.07, 6.45) is -0.814. The summed E-state index contributed by atoms with van der Waals surface area (Å²) in [5.74, 6) is -1.56. The molecule has 0 radical (unpaired) electrons. The summed E-state index contributed by atoms with van der Waals surface area (Å²) < 4.78 is 16.2. The highest BCUT2D eigenvalue weighted by Crippen LogP contribution is 2.37. The third kappa shape index (κ3) is 3.62. The van der Waals surface area contributed by atoms with Crippen LogP contribution in [0.15, 0.2) is 30.3 Å². The molecule has 1 N–H and O–H groups in total. The lowest BCUT2D eigenvalue weighted by molar-refractivity contribution is -0.181. The molecule has 1 aromatic carbocycles. The monoisotopic (exact) mass is 359 g/mol. The molecule has 7 heteroatoms. The summed E-state index contributed by atoms with van der Waals surface area (Å²) in [7, 11) is 0. The molecular formula is C19H21NO6. The Kier molecular flexibility index (Phi) is 5.08. The minimum Gasteiger partial charge on any atom is -0.456 e. The Morgan fingerprint density at radius 1 is 0.923 bits per heavy atom. The zero-order valence-corrected chi connectivity index (χ0v) is 14.9. The first-order valence-corrected chi connectivity index (χ1v) is 8.42.